The number of hydrogen-bond donors (Lipinski definition) is 0. The van der Waals surface area contributed by atoms with Gasteiger partial charge < -0.3 is 14.2 Å². The van der Waals surface area contributed by atoms with Gasteiger partial charge in [-0.3, -0.25) is 14.4 Å². The molecule has 0 heterocycles. The Morgan fingerprint density at radius 2 is 0.686 bits per heavy atom. The second-order valence-electron chi connectivity index (χ2n) is 15.6. The van der Waals surface area contributed by atoms with E-state index in [0.29, 0.717) is 19.3 Å². The highest BCUT2D eigenvalue weighted by molar-refractivity contribution is 5.71. The molecule has 302 valence electrons. The maximum absolute atomic E-state index is 12.6. The summed E-state index contributed by atoms with van der Waals surface area (Å²) in [5.74, 6) is 0.0250. The van der Waals surface area contributed by atoms with Crippen molar-refractivity contribution in [2.75, 3.05) is 13.2 Å². The molecule has 0 aliphatic carbocycles. The first-order valence-electron chi connectivity index (χ1n) is 22.4. The van der Waals surface area contributed by atoms with E-state index in [1.807, 2.05) is 0 Å². The number of esters is 3. The summed E-state index contributed by atoms with van der Waals surface area (Å²) in [4.78, 5) is 37.4. The molecule has 0 aromatic carbocycles. The van der Waals surface area contributed by atoms with Crippen LogP contribution >= 0.6 is 0 Å². The summed E-state index contributed by atoms with van der Waals surface area (Å²) in [7, 11) is 0. The van der Waals surface area contributed by atoms with Crippen LogP contribution in [0.1, 0.15) is 246 Å². The van der Waals surface area contributed by atoms with Crippen LogP contribution in [0.15, 0.2) is 0 Å². The van der Waals surface area contributed by atoms with E-state index in [1.165, 1.54) is 135 Å². The molecule has 6 nitrogen and oxygen atoms in total. The second-order valence-corrected chi connectivity index (χ2v) is 15.6. The van der Waals surface area contributed by atoms with Crippen molar-refractivity contribution in [2.45, 2.75) is 252 Å². The van der Waals surface area contributed by atoms with Crippen LogP contribution in [0.5, 0.6) is 0 Å². The highest BCUT2D eigenvalue weighted by Crippen LogP contribution is 2.17. The third-order valence-electron chi connectivity index (χ3n) is 10.4. The molecule has 0 fully saturated rings. The first-order chi connectivity index (χ1) is 24.9. The van der Waals surface area contributed by atoms with Crippen molar-refractivity contribution in [3.05, 3.63) is 0 Å². The third kappa shape index (κ3) is 38.0. The van der Waals surface area contributed by atoms with Crippen molar-refractivity contribution in [2.24, 2.45) is 5.92 Å². The molecule has 0 aromatic rings. The number of hydrogen-bond acceptors (Lipinski definition) is 6. The Balaban J connectivity index is 4.12. The van der Waals surface area contributed by atoms with Gasteiger partial charge >= 0.3 is 17.9 Å². The Morgan fingerprint density at radius 1 is 0.392 bits per heavy atom. The van der Waals surface area contributed by atoms with Gasteiger partial charge in [0, 0.05) is 19.3 Å². The standard InChI is InChI=1S/C45H86O6/c1-5-8-10-12-13-14-22-26-30-34-38-45(48)51-42(39-49-43(46)36-32-27-11-9-6-2)40-50-44(47)37-33-29-25-23-20-18-16-15-17-19-21-24-28-31-35-41(4)7-3/h41-42H,5-40H2,1-4H3/t41?,42-/m1/s1. The predicted octanol–water partition coefficient (Wildman–Crippen LogP) is 13.9. The van der Waals surface area contributed by atoms with E-state index in [4.69, 9.17) is 14.2 Å². The Bertz CT molecular complexity index is 768. The largest absolute Gasteiger partial charge is 0.462 e. The molecule has 6 heteroatoms. The van der Waals surface area contributed by atoms with E-state index in [0.717, 1.165) is 70.1 Å². The molecule has 0 spiro atoms. The zero-order valence-corrected chi connectivity index (χ0v) is 34.6. The molecule has 0 rings (SSSR count). The molecule has 1 unspecified atom stereocenters. The van der Waals surface area contributed by atoms with Gasteiger partial charge in [-0.05, 0) is 25.2 Å². The molecule has 0 saturated heterocycles. The molecule has 0 N–H and O–H groups in total. The molecule has 51 heavy (non-hydrogen) atoms. The van der Waals surface area contributed by atoms with Crippen molar-refractivity contribution in [3.8, 4) is 0 Å². The number of rotatable bonds is 40. The van der Waals surface area contributed by atoms with Gasteiger partial charge in [-0.25, -0.2) is 0 Å². The summed E-state index contributed by atoms with van der Waals surface area (Å²) in [5.41, 5.74) is 0. The maximum atomic E-state index is 12.6. The molecule has 0 amide bonds. The number of ether oxygens (including phenoxy) is 3. The highest BCUT2D eigenvalue weighted by atomic mass is 16.6. The van der Waals surface area contributed by atoms with Crippen molar-refractivity contribution >= 4 is 17.9 Å². The summed E-state index contributed by atoms with van der Waals surface area (Å²) in [6.45, 7) is 8.95. The normalized spacial score (nSPS) is 12.5. The highest BCUT2D eigenvalue weighted by Gasteiger charge is 2.19. The van der Waals surface area contributed by atoms with Crippen LogP contribution in [-0.2, 0) is 28.6 Å². The number of carbonyl (C=O) groups excluding carboxylic acids is 3. The fourth-order valence-corrected chi connectivity index (χ4v) is 6.59. The van der Waals surface area contributed by atoms with Crippen LogP contribution in [0.25, 0.3) is 0 Å². The van der Waals surface area contributed by atoms with Gasteiger partial charge in [0.05, 0.1) is 0 Å². The van der Waals surface area contributed by atoms with Crippen LogP contribution in [0.4, 0.5) is 0 Å². The Kier molecular flexibility index (Phi) is 38.4. The Morgan fingerprint density at radius 3 is 1.02 bits per heavy atom. The maximum Gasteiger partial charge on any atom is 0.306 e. The van der Waals surface area contributed by atoms with Crippen LogP contribution in [0.2, 0.25) is 0 Å². The molecule has 2 atom stereocenters. The average Bonchev–Trinajstić information content (AvgIpc) is 3.13. The zero-order chi connectivity index (χ0) is 37.5. The van der Waals surface area contributed by atoms with Crippen LogP contribution in [-0.4, -0.2) is 37.2 Å². The van der Waals surface area contributed by atoms with Gasteiger partial charge in [0.2, 0.25) is 0 Å². The van der Waals surface area contributed by atoms with Gasteiger partial charge in [-0.2, -0.15) is 0 Å². The predicted molar refractivity (Wildman–Crippen MR) is 215 cm³/mol. The first-order valence-corrected chi connectivity index (χ1v) is 22.4. The van der Waals surface area contributed by atoms with Crippen molar-refractivity contribution in [1.29, 1.82) is 0 Å². The average molecular weight is 723 g/mol. The van der Waals surface area contributed by atoms with Gasteiger partial charge in [0.1, 0.15) is 13.2 Å². The van der Waals surface area contributed by atoms with Gasteiger partial charge in [0.25, 0.3) is 0 Å². The van der Waals surface area contributed by atoms with E-state index >= 15 is 0 Å². The Labute approximate surface area is 317 Å². The molecule has 0 aliphatic rings. The minimum atomic E-state index is -0.756. The van der Waals surface area contributed by atoms with E-state index in [2.05, 4.69) is 27.7 Å². The van der Waals surface area contributed by atoms with Gasteiger partial charge in [-0.1, -0.05) is 207 Å². The minimum absolute atomic E-state index is 0.0649. The summed E-state index contributed by atoms with van der Waals surface area (Å²) in [5, 5.41) is 0. The fraction of sp³-hybridized carbons (Fsp3) is 0.933. The number of unbranched alkanes of at least 4 members (excludes halogenated alkanes) is 26. The second kappa shape index (κ2) is 39.6. The van der Waals surface area contributed by atoms with Crippen molar-refractivity contribution in [1.82, 2.24) is 0 Å². The summed E-state index contributed by atoms with van der Waals surface area (Å²) in [6.07, 6.45) is 38.3. The molecular formula is C45H86O6. The molecular weight excluding hydrogens is 636 g/mol. The van der Waals surface area contributed by atoms with Crippen molar-refractivity contribution in [3.63, 3.8) is 0 Å². The third-order valence-corrected chi connectivity index (χ3v) is 10.4. The van der Waals surface area contributed by atoms with E-state index < -0.39 is 6.10 Å². The van der Waals surface area contributed by atoms with Crippen LogP contribution < -0.4 is 0 Å². The smallest absolute Gasteiger partial charge is 0.306 e. The van der Waals surface area contributed by atoms with E-state index in [-0.39, 0.29) is 31.1 Å². The van der Waals surface area contributed by atoms with Crippen molar-refractivity contribution < 1.29 is 28.6 Å². The minimum Gasteiger partial charge on any atom is -0.462 e. The number of carbonyl (C=O) groups is 3. The lowest BCUT2D eigenvalue weighted by Crippen LogP contribution is -2.30. The lowest BCUT2D eigenvalue weighted by atomic mass is 9.99. The van der Waals surface area contributed by atoms with Crippen LogP contribution in [0.3, 0.4) is 0 Å². The van der Waals surface area contributed by atoms with Gasteiger partial charge in [-0.15, -0.1) is 0 Å². The van der Waals surface area contributed by atoms with Crippen LogP contribution in [0, 0.1) is 5.92 Å². The van der Waals surface area contributed by atoms with Gasteiger partial charge in [0.15, 0.2) is 6.10 Å². The Hall–Kier alpha value is -1.59. The fourth-order valence-electron chi connectivity index (χ4n) is 6.59. The SMILES string of the molecule is CCCCCCCCCCCCC(=O)O[C@H](COC(=O)CCCCCCC)COC(=O)CCCCCCCCCCCCCCCCC(C)CC. The first kappa shape index (κ1) is 49.4. The summed E-state index contributed by atoms with van der Waals surface area (Å²) < 4.78 is 16.6. The van der Waals surface area contributed by atoms with E-state index in [9.17, 15) is 14.4 Å². The molecule has 0 bridgehead atoms. The molecule has 0 aromatic heterocycles. The molecule has 0 aliphatic heterocycles. The van der Waals surface area contributed by atoms with E-state index in [1.54, 1.807) is 0 Å². The quantitative estimate of drug-likeness (QED) is 0.0356. The molecule has 0 saturated carbocycles. The topological polar surface area (TPSA) is 78.9 Å². The lowest BCUT2D eigenvalue weighted by molar-refractivity contribution is -0.167. The molecule has 0 radical (unpaired) electrons. The monoisotopic (exact) mass is 723 g/mol. The summed E-state index contributed by atoms with van der Waals surface area (Å²) in [6, 6.07) is 0. The summed E-state index contributed by atoms with van der Waals surface area (Å²) >= 11 is 0. The lowest BCUT2D eigenvalue weighted by Gasteiger charge is -2.18. The zero-order valence-electron chi connectivity index (χ0n) is 34.6.